The minimum absolute atomic E-state index is 0.0133. The van der Waals surface area contributed by atoms with E-state index in [0.717, 1.165) is 10.7 Å². The number of sulfonamides is 1. The highest BCUT2D eigenvalue weighted by Crippen LogP contribution is 2.29. The SMILES string of the molecule is CCCCn1c(N)c(N(CC)CC(=O)Nc2ccc(OC)c(S(=O)(=O)N(C)C)c2)c(=O)[nH]c1=O. The lowest BCUT2D eigenvalue weighted by Crippen LogP contribution is -2.41. The third kappa shape index (κ3) is 5.78. The van der Waals surface area contributed by atoms with Gasteiger partial charge in [0.1, 0.15) is 22.2 Å². The largest absolute Gasteiger partial charge is 0.495 e. The van der Waals surface area contributed by atoms with Crippen LogP contribution in [0.15, 0.2) is 32.7 Å². The Hall–Kier alpha value is -3.32. The van der Waals surface area contributed by atoms with Gasteiger partial charge in [0, 0.05) is 32.9 Å². The molecule has 12 nitrogen and oxygen atoms in total. The number of unbranched alkanes of at least 4 members (excludes halogenated alkanes) is 1. The zero-order chi connectivity index (χ0) is 25.6. The quantitative estimate of drug-likeness (QED) is 0.409. The molecule has 2 aromatic rings. The topological polar surface area (TPSA) is 160 Å². The molecule has 0 spiro atoms. The van der Waals surface area contributed by atoms with Gasteiger partial charge in [-0.15, -0.1) is 0 Å². The zero-order valence-electron chi connectivity index (χ0n) is 20.0. The van der Waals surface area contributed by atoms with Gasteiger partial charge < -0.3 is 20.7 Å². The fourth-order valence-electron chi connectivity index (χ4n) is 3.30. The van der Waals surface area contributed by atoms with Crippen molar-refractivity contribution in [3.63, 3.8) is 0 Å². The van der Waals surface area contributed by atoms with Crippen molar-refractivity contribution in [1.29, 1.82) is 0 Å². The number of methoxy groups -OCH3 is 1. The number of anilines is 3. The molecule has 2 rings (SSSR count). The Balaban J connectivity index is 2.34. The number of likely N-dealkylation sites (N-methyl/N-ethyl adjacent to an activating group) is 1. The van der Waals surface area contributed by atoms with Gasteiger partial charge in [-0.05, 0) is 31.5 Å². The molecule has 0 aliphatic carbocycles. The first-order valence-electron chi connectivity index (χ1n) is 10.8. The molecule has 0 bridgehead atoms. The summed E-state index contributed by atoms with van der Waals surface area (Å²) in [5, 5.41) is 2.64. The number of amides is 1. The van der Waals surface area contributed by atoms with Crippen LogP contribution < -0.4 is 31.9 Å². The third-order valence-corrected chi connectivity index (χ3v) is 7.02. The molecule has 0 saturated carbocycles. The van der Waals surface area contributed by atoms with E-state index >= 15 is 0 Å². The molecule has 0 aliphatic heterocycles. The van der Waals surface area contributed by atoms with Crippen LogP contribution in [0.5, 0.6) is 5.75 Å². The van der Waals surface area contributed by atoms with Crippen molar-refractivity contribution in [2.75, 3.05) is 50.2 Å². The smallest absolute Gasteiger partial charge is 0.330 e. The number of aromatic amines is 1. The van der Waals surface area contributed by atoms with E-state index in [4.69, 9.17) is 10.5 Å². The van der Waals surface area contributed by atoms with Crippen molar-refractivity contribution < 1.29 is 17.9 Å². The van der Waals surface area contributed by atoms with Gasteiger partial charge >= 0.3 is 5.69 Å². The van der Waals surface area contributed by atoms with Crippen LogP contribution in [0, 0.1) is 0 Å². The molecular weight excluding hydrogens is 464 g/mol. The summed E-state index contributed by atoms with van der Waals surface area (Å²) in [6.07, 6.45) is 1.52. The van der Waals surface area contributed by atoms with Gasteiger partial charge in [-0.1, -0.05) is 13.3 Å². The number of hydrogen-bond acceptors (Lipinski definition) is 8. The van der Waals surface area contributed by atoms with Crippen molar-refractivity contribution in [2.45, 2.75) is 38.1 Å². The number of aromatic nitrogens is 2. The molecular formula is C21H32N6O6S. The molecule has 4 N–H and O–H groups in total. The molecule has 0 atom stereocenters. The summed E-state index contributed by atoms with van der Waals surface area (Å²) in [4.78, 5) is 41.1. The molecule has 0 saturated heterocycles. The molecule has 0 radical (unpaired) electrons. The predicted octanol–water partition coefficient (Wildman–Crippen LogP) is 0.643. The first kappa shape index (κ1) is 26.9. The van der Waals surface area contributed by atoms with Crippen LogP contribution in [-0.4, -0.2) is 62.5 Å². The van der Waals surface area contributed by atoms with Gasteiger partial charge in [0.25, 0.3) is 5.56 Å². The highest BCUT2D eigenvalue weighted by Gasteiger charge is 2.24. The second-order valence-electron chi connectivity index (χ2n) is 7.71. The maximum Gasteiger partial charge on any atom is 0.330 e. The van der Waals surface area contributed by atoms with E-state index in [-0.39, 0.29) is 40.9 Å². The molecule has 1 aromatic heterocycles. The van der Waals surface area contributed by atoms with E-state index < -0.39 is 27.2 Å². The highest BCUT2D eigenvalue weighted by molar-refractivity contribution is 7.89. The van der Waals surface area contributed by atoms with Crippen molar-refractivity contribution in [2.24, 2.45) is 0 Å². The molecule has 1 amide bonds. The van der Waals surface area contributed by atoms with Crippen LogP contribution in [0.1, 0.15) is 26.7 Å². The van der Waals surface area contributed by atoms with Crippen LogP contribution in [0.4, 0.5) is 17.2 Å². The Morgan fingerprint density at radius 3 is 2.47 bits per heavy atom. The lowest BCUT2D eigenvalue weighted by Gasteiger charge is -2.24. The van der Waals surface area contributed by atoms with Crippen molar-refractivity contribution in [1.82, 2.24) is 13.9 Å². The van der Waals surface area contributed by atoms with E-state index in [9.17, 15) is 22.8 Å². The number of benzene rings is 1. The van der Waals surface area contributed by atoms with E-state index in [0.29, 0.717) is 13.0 Å². The number of carbonyl (C=O) groups excluding carboxylic acids is 1. The minimum atomic E-state index is -3.82. The number of hydrogen-bond donors (Lipinski definition) is 3. The second-order valence-corrected chi connectivity index (χ2v) is 9.83. The highest BCUT2D eigenvalue weighted by atomic mass is 32.2. The van der Waals surface area contributed by atoms with Crippen LogP contribution in [0.3, 0.4) is 0 Å². The summed E-state index contributed by atoms with van der Waals surface area (Å²) in [5.41, 5.74) is 5.11. The summed E-state index contributed by atoms with van der Waals surface area (Å²) < 4.78 is 32.7. The average molecular weight is 497 g/mol. The molecule has 188 valence electrons. The second kappa shape index (κ2) is 11.2. The van der Waals surface area contributed by atoms with E-state index in [1.54, 1.807) is 6.92 Å². The Bertz CT molecular complexity index is 1250. The van der Waals surface area contributed by atoms with Crippen molar-refractivity contribution >= 4 is 33.1 Å². The average Bonchev–Trinajstić information content (AvgIpc) is 2.77. The van der Waals surface area contributed by atoms with E-state index in [1.165, 1.54) is 48.9 Å². The predicted molar refractivity (Wildman–Crippen MR) is 131 cm³/mol. The molecule has 1 aromatic carbocycles. The summed E-state index contributed by atoms with van der Waals surface area (Å²) in [7, 11) is 0.306. The Kier molecular flexibility index (Phi) is 8.87. The fourth-order valence-corrected chi connectivity index (χ4v) is 4.37. The number of rotatable bonds is 11. The Morgan fingerprint density at radius 2 is 1.91 bits per heavy atom. The van der Waals surface area contributed by atoms with Gasteiger partial charge in [-0.3, -0.25) is 19.1 Å². The minimum Gasteiger partial charge on any atom is -0.495 e. The number of nitrogens with zero attached hydrogens (tertiary/aromatic N) is 3. The van der Waals surface area contributed by atoms with Crippen LogP contribution in [0.25, 0.3) is 0 Å². The number of nitrogens with one attached hydrogen (secondary N) is 2. The van der Waals surface area contributed by atoms with Crippen LogP contribution in [0.2, 0.25) is 0 Å². The number of nitrogens with two attached hydrogens (primary N) is 1. The van der Waals surface area contributed by atoms with Crippen LogP contribution >= 0.6 is 0 Å². The number of ether oxygens (including phenoxy) is 1. The Morgan fingerprint density at radius 1 is 1.24 bits per heavy atom. The van der Waals surface area contributed by atoms with Crippen molar-refractivity contribution in [3.8, 4) is 5.75 Å². The lowest BCUT2D eigenvalue weighted by molar-refractivity contribution is -0.115. The van der Waals surface area contributed by atoms with Gasteiger partial charge in [0.2, 0.25) is 15.9 Å². The monoisotopic (exact) mass is 496 g/mol. The fraction of sp³-hybridized carbons (Fsp3) is 0.476. The molecule has 1 heterocycles. The lowest BCUT2D eigenvalue weighted by atomic mass is 10.3. The maximum atomic E-state index is 12.8. The third-order valence-electron chi connectivity index (χ3n) is 5.19. The summed E-state index contributed by atoms with van der Waals surface area (Å²) >= 11 is 0. The molecule has 13 heteroatoms. The summed E-state index contributed by atoms with van der Waals surface area (Å²) in [5.74, 6) is -0.387. The summed E-state index contributed by atoms with van der Waals surface area (Å²) in [6.45, 7) is 4.05. The Labute approximate surface area is 198 Å². The first-order chi connectivity index (χ1) is 16.0. The normalized spacial score (nSPS) is 11.5. The van der Waals surface area contributed by atoms with E-state index in [2.05, 4.69) is 10.3 Å². The number of nitrogen functional groups attached to an aromatic ring is 1. The first-order valence-corrected chi connectivity index (χ1v) is 12.2. The van der Waals surface area contributed by atoms with E-state index in [1.807, 2.05) is 6.92 Å². The maximum absolute atomic E-state index is 12.8. The van der Waals surface area contributed by atoms with Crippen LogP contribution in [-0.2, 0) is 21.4 Å². The summed E-state index contributed by atoms with van der Waals surface area (Å²) in [6, 6.07) is 4.25. The number of H-pyrrole nitrogens is 1. The number of carbonyl (C=O) groups is 1. The van der Waals surface area contributed by atoms with Gasteiger partial charge in [-0.25, -0.2) is 17.5 Å². The zero-order valence-corrected chi connectivity index (χ0v) is 20.9. The van der Waals surface area contributed by atoms with Crippen molar-refractivity contribution in [3.05, 3.63) is 39.0 Å². The molecule has 0 fully saturated rings. The van der Waals surface area contributed by atoms with Gasteiger partial charge in [-0.2, -0.15) is 0 Å². The van der Waals surface area contributed by atoms with Gasteiger partial charge in [0.15, 0.2) is 0 Å². The molecule has 0 unspecified atom stereocenters. The standard InChI is InChI=1S/C21H32N6O6S/c1-6-8-11-27-19(22)18(20(29)24-21(27)30)26(7-2)13-17(28)23-14-9-10-15(33-5)16(12-14)34(31,32)25(3)4/h9-10,12H,6-8,11,13,22H2,1-5H3,(H,23,28)(H,24,29,30). The molecule has 34 heavy (non-hydrogen) atoms. The molecule has 0 aliphatic rings. The van der Waals surface area contributed by atoms with Gasteiger partial charge in [0.05, 0.1) is 13.7 Å².